The molecule has 2 saturated heterocycles. The molecule has 2 unspecified atom stereocenters. The number of nitrogens with zero attached hydrogens (tertiary/aromatic N) is 9. The first-order valence-corrected chi connectivity index (χ1v) is 40.7. The van der Waals surface area contributed by atoms with Crippen molar-refractivity contribution in [1.29, 1.82) is 0 Å². The van der Waals surface area contributed by atoms with Crippen LogP contribution in [0.4, 0.5) is 11.4 Å². The van der Waals surface area contributed by atoms with E-state index in [9.17, 15) is 88.8 Å². The van der Waals surface area contributed by atoms with Crippen LogP contribution in [0.15, 0.2) is 48.5 Å². The van der Waals surface area contributed by atoms with E-state index in [1.165, 1.54) is 0 Å². The van der Waals surface area contributed by atoms with Gasteiger partial charge in [-0.1, -0.05) is 31.2 Å². The maximum Gasteiger partial charge on any atom is 0.317 e. The Morgan fingerprint density at radius 2 is 0.587 bits per heavy atom. The molecule has 4 rings (SSSR count). The zero-order chi connectivity index (χ0) is 86.8. The first kappa shape index (κ1) is 111. The quantitative estimate of drug-likeness (QED) is 0.0238. The number of carboxylic acids is 8. The van der Waals surface area contributed by atoms with Crippen LogP contribution in [-0.4, -0.2) is 462 Å². The van der Waals surface area contributed by atoms with Crippen molar-refractivity contribution < 1.29 is 192 Å². The molecule has 2 amide bonds. The summed E-state index contributed by atoms with van der Waals surface area (Å²) >= 11 is 11.0. The average Bonchev–Trinajstić information content (AvgIpc) is 0.854. The van der Waals surface area contributed by atoms with Crippen molar-refractivity contribution in [2.45, 2.75) is 44.7 Å². The second-order valence-electron chi connectivity index (χ2n) is 28.1. The van der Waals surface area contributed by atoms with E-state index in [2.05, 4.69) is 36.8 Å². The standard InChI is InChI=1S/C76H125N15O26S2.2Y/c1-2-83(17-13-77-65(92)11-31-110-35-39-114-43-45-116-41-37-112-33-15-79-75(118)81-61-7-3-59(4-8-61)47-63-49-88(55-71(102)103)25-23-84(51-67(94)95)19-21-86(53-69(98)99)27-29-90(63)57-73(106)107)18-14-78-66(93)12-32-111-36-40-115-44-46-117-42-38-113-34-16-80-76(119)82-62-9-5-60(6-10-62)48-64-50-89(56-72(104)105)26-24-85(52-68(96)97)20-22-87(54-70(100)101)28-30-91(64)58-74(108)109;;/h3-10,63-64H,2,11-58H2,1H3,(H,77,92)(H,78,93)(H,94,95)(H,96,97)(H,98,99)(H,100,101)(H,102,103)(H,104,105)(H,106,107)(H,108,109)(H2,79,81,118)(H2,80,82,119);;. The van der Waals surface area contributed by atoms with E-state index in [0.717, 1.165) is 17.7 Å². The molecule has 0 bridgehead atoms. The SMILES string of the molecule is CCN(CCNC(=O)CCOCCOCCOCCOCCNC(=S)Nc1ccc(CC2CN(CC(=O)O)CCN(CC(=O)O)CCN(CC(=O)O)CCN2CC(=O)O)cc1)CCNC(=O)CCOCCOCCOCCOCCNC(=S)Nc1ccc(CC2CN(CC(=O)O)CCN(CC(=O)O)CCN(CC(=O)O)CCN2CC(=O)O)cc1.[Y].[Y]. The number of nitrogens with one attached hydrogen (secondary N) is 6. The molecule has 121 heavy (non-hydrogen) atoms. The Bertz CT molecular complexity index is 3120. The maximum atomic E-state index is 12.4. The number of carbonyl (C=O) groups excluding carboxylic acids is 2. The Balaban J connectivity index is 0.0000248. The number of carbonyl (C=O) groups is 10. The summed E-state index contributed by atoms with van der Waals surface area (Å²) < 4.78 is 44.7. The molecule has 45 heteroatoms. The first-order valence-electron chi connectivity index (χ1n) is 39.9. The average molecular weight is 1910 g/mol. The van der Waals surface area contributed by atoms with E-state index in [1.807, 2.05) is 55.5 Å². The van der Waals surface area contributed by atoms with E-state index >= 15 is 0 Å². The van der Waals surface area contributed by atoms with Crippen LogP contribution in [0.2, 0.25) is 0 Å². The molecule has 0 aliphatic carbocycles. The predicted molar refractivity (Wildman–Crippen MR) is 443 cm³/mol. The van der Waals surface area contributed by atoms with Gasteiger partial charge >= 0.3 is 47.8 Å². The van der Waals surface area contributed by atoms with Gasteiger partial charge in [0.05, 0.1) is 158 Å². The molecule has 2 aliphatic rings. The number of amides is 2. The fraction of sp³-hybridized carbons (Fsp3) is 0.684. The molecule has 41 nitrogen and oxygen atoms in total. The van der Waals surface area contributed by atoms with Gasteiger partial charge in [-0.25, -0.2) is 0 Å². The van der Waals surface area contributed by atoms with Crippen molar-refractivity contribution in [3.8, 4) is 0 Å². The van der Waals surface area contributed by atoms with Gasteiger partial charge in [0.1, 0.15) is 0 Å². The fourth-order valence-corrected chi connectivity index (χ4v) is 13.1. The van der Waals surface area contributed by atoms with Crippen molar-refractivity contribution in [3.63, 3.8) is 0 Å². The molecule has 0 saturated carbocycles. The van der Waals surface area contributed by atoms with Gasteiger partial charge in [-0.05, 0) is 79.2 Å². The topological polar surface area (TPSA) is 508 Å². The van der Waals surface area contributed by atoms with E-state index in [-0.39, 0.29) is 247 Å². The smallest absolute Gasteiger partial charge is 0.317 e. The molecule has 2 aliphatic heterocycles. The number of aliphatic carboxylic acids is 8. The molecule has 678 valence electrons. The number of rotatable bonds is 59. The molecule has 2 aromatic rings. The van der Waals surface area contributed by atoms with Crippen LogP contribution in [-0.2, 0) is 164 Å². The number of anilines is 2. The van der Waals surface area contributed by atoms with Crippen molar-refractivity contribution in [2.24, 2.45) is 0 Å². The monoisotopic (exact) mass is 1910 g/mol. The Morgan fingerprint density at radius 1 is 0.339 bits per heavy atom. The fourth-order valence-electron chi connectivity index (χ4n) is 12.7. The third kappa shape index (κ3) is 57.3. The van der Waals surface area contributed by atoms with Gasteiger partial charge in [-0.15, -0.1) is 0 Å². The minimum Gasteiger partial charge on any atom is -0.480 e. The third-order valence-corrected chi connectivity index (χ3v) is 19.2. The molecule has 2 atom stereocenters. The maximum absolute atomic E-state index is 12.4. The number of carboxylic acid groups (broad SMARTS) is 8. The Morgan fingerprint density at radius 3 is 0.860 bits per heavy atom. The van der Waals surface area contributed by atoms with Gasteiger partial charge < -0.3 is 116 Å². The minimum atomic E-state index is -1.10. The molecule has 2 radical (unpaired) electrons. The van der Waals surface area contributed by atoms with Crippen LogP contribution in [0.5, 0.6) is 0 Å². The molecule has 2 fully saturated rings. The van der Waals surface area contributed by atoms with Gasteiger partial charge in [0.25, 0.3) is 0 Å². The zero-order valence-electron chi connectivity index (χ0n) is 69.3. The van der Waals surface area contributed by atoms with Crippen LogP contribution < -0.4 is 31.9 Å². The second kappa shape index (κ2) is 68.3. The zero-order valence-corrected chi connectivity index (χ0v) is 76.7. The number of hydrogen-bond donors (Lipinski definition) is 14. The summed E-state index contributed by atoms with van der Waals surface area (Å²) in [5.41, 5.74) is 3.02. The van der Waals surface area contributed by atoms with Crippen LogP contribution >= 0.6 is 24.4 Å². The summed E-state index contributed by atoms with van der Waals surface area (Å²) in [6.45, 7) is 10.9. The van der Waals surface area contributed by atoms with Crippen molar-refractivity contribution >= 4 is 106 Å². The van der Waals surface area contributed by atoms with E-state index in [0.29, 0.717) is 166 Å². The second-order valence-corrected chi connectivity index (χ2v) is 28.9. The predicted octanol–water partition coefficient (Wildman–Crippen LogP) is -2.64. The van der Waals surface area contributed by atoms with Crippen molar-refractivity contribution in [2.75, 3.05) is 306 Å². The van der Waals surface area contributed by atoms with E-state index < -0.39 is 59.8 Å². The first-order chi connectivity index (χ1) is 57.2. The molecule has 2 heterocycles. The number of benzene rings is 2. The summed E-state index contributed by atoms with van der Waals surface area (Å²) in [6, 6.07) is 13.7. The molecule has 2 aromatic carbocycles. The van der Waals surface area contributed by atoms with E-state index in [4.69, 9.17) is 62.3 Å². The van der Waals surface area contributed by atoms with Gasteiger partial charge in [0.15, 0.2) is 10.2 Å². The van der Waals surface area contributed by atoms with Gasteiger partial charge in [-0.3, -0.25) is 87.1 Å². The molecule has 0 spiro atoms. The van der Waals surface area contributed by atoms with Crippen LogP contribution in [0.25, 0.3) is 0 Å². The number of likely N-dealkylation sites (N-methyl/N-ethyl adjacent to an activating group) is 1. The Hall–Kier alpha value is -5.95. The normalized spacial score (nSPS) is 16.3. The molecular formula is C76H125N15O26S2Y2. The largest absolute Gasteiger partial charge is 0.480 e. The van der Waals surface area contributed by atoms with E-state index in [1.54, 1.807) is 39.2 Å². The number of ether oxygens (including phenoxy) is 8. The van der Waals surface area contributed by atoms with Crippen LogP contribution in [0.3, 0.4) is 0 Å². The summed E-state index contributed by atoms with van der Waals surface area (Å²) in [5, 5.41) is 96.5. The van der Waals surface area contributed by atoms with Gasteiger partial charge in [0, 0.05) is 233 Å². The number of thiocarbonyl (C=S) groups is 2. The summed E-state index contributed by atoms with van der Waals surface area (Å²) in [7, 11) is 0. The summed E-state index contributed by atoms with van der Waals surface area (Å²) in [6.07, 6.45) is 1.05. The van der Waals surface area contributed by atoms with Gasteiger partial charge in [0.2, 0.25) is 11.8 Å². The third-order valence-electron chi connectivity index (χ3n) is 18.7. The molecular weight excluding hydrogens is 1780 g/mol. The van der Waals surface area contributed by atoms with Crippen molar-refractivity contribution in [1.82, 2.24) is 65.4 Å². The Labute approximate surface area is 767 Å². The Kier molecular flexibility index (Phi) is 62.8. The van der Waals surface area contributed by atoms with Gasteiger partial charge in [-0.2, -0.15) is 0 Å². The van der Waals surface area contributed by atoms with Crippen molar-refractivity contribution in [3.05, 3.63) is 59.7 Å². The minimum absolute atomic E-state index is 0. The van der Waals surface area contributed by atoms with Crippen LogP contribution in [0, 0.1) is 0 Å². The summed E-state index contributed by atoms with van der Waals surface area (Å²) in [5.74, 6) is -8.94. The number of hydrogen-bond acceptors (Lipinski definition) is 29. The van der Waals surface area contributed by atoms with Crippen LogP contribution in [0.1, 0.15) is 30.9 Å². The summed E-state index contributed by atoms with van der Waals surface area (Å²) in [4.78, 5) is 135. The molecule has 0 aromatic heterocycles. The molecule has 14 N–H and O–H groups in total.